The van der Waals surface area contributed by atoms with E-state index >= 15 is 0 Å². The fraction of sp³-hybridized carbons (Fsp3) is 0.625. The number of ether oxygens (including phenoxy) is 1. The van der Waals surface area contributed by atoms with Crippen LogP contribution in [0.5, 0.6) is 0 Å². The van der Waals surface area contributed by atoms with Gasteiger partial charge < -0.3 is 14.7 Å². The van der Waals surface area contributed by atoms with Crippen LogP contribution in [0.4, 0.5) is 4.39 Å². The zero-order valence-corrected chi connectivity index (χ0v) is 12.7. The molecule has 0 amide bonds. The molecular formula is C16H26FNO2. The van der Waals surface area contributed by atoms with Crippen molar-refractivity contribution in [3.05, 3.63) is 35.1 Å². The first-order valence-electron chi connectivity index (χ1n) is 7.32. The average Bonchev–Trinajstić information content (AvgIpc) is 2.45. The highest BCUT2D eigenvalue weighted by molar-refractivity contribution is 5.24. The maximum atomic E-state index is 13.5. The lowest BCUT2D eigenvalue weighted by molar-refractivity contribution is 0.101. The van der Waals surface area contributed by atoms with Gasteiger partial charge in [-0.05, 0) is 44.0 Å². The van der Waals surface area contributed by atoms with Crippen LogP contribution in [0, 0.1) is 12.7 Å². The number of aliphatic hydroxyl groups is 1. The Labute approximate surface area is 121 Å². The minimum absolute atomic E-state index is 0.259. The van der Waals surface area contributed by atoms with Gasteiger partial charge in [-0.25, -0.2) is 4.39 Å². The van der Waals surface area contributed by atoms with E-state index in [1.165, 1.54) is 6.07 Å². The van der Waals surface area contributed by atoms with Crippen molar-refractivity contribution in [1.82, 2.24) is 4.90 Å². The Morgan fingerprint density at radius 3 is 2.65 bits per heavy atom. The Morgan fingerprint density at radius 2 is 2.05 bits per heavy atom. The van der Waals surface area contributed by atoms with Crippen molar-refractivity contribution in [2.24, 2.45) is 0 Å². The van der Waals surface area contributed by atoms with Gasteiger partial charge in [0.25, 0.3) is 0 Å². The summed E-state index contributed by atoms with van der Waals surface area (Å²) in [5.74, 6) is -0.259. The molecule has 0 spiro atoms. The second kappa shape index (κ2) is 9.06. The molecule has 0 bridgehead atoms. The molecule has 4 heteroatoms. The van der Waals surface area contributed by atoms with E-state index in [1.807, 2.05) is 6.92 Å². The van der Waals surface area contributed by atoms with E-state index in [0.29, 0.717) is 24.2 Å². The minimum atomic E-state index is -0.619. The Hall–Kier alpha value is -0.970. The second-order valence-electron chi connectivity index (χ2n) is 4.94. The van der Waals surface area contributed by atoms with Crippen LogP contribution < -0.4 is 0 Å². The smallest absolute Gasteiger partial charge is 0.126 e. The highest BCUT2D eigenvalue weighted by Crippen LogP contribution is 2.19. The molecule has 1 unspecified atom stereocenters. The van der Waals surface area contributed by atoms with Crippen molar-refractivity contribution in [1.29, 1.82) is 0 Å². The molecule has 3 nitrogen and oxygen atoms in total. The predicted octanol–water partition coefficient (Wildman–Crippen LogP) is 2.92. The maximum absolute atomic E-state index is 13.5. The van der Waals surface area contributed by atoms with Crippen LogP contribution in [0.3, 0.4) is 0 Å². The molecule has 0 radical (unpaired) electrons. The fourth-order valence-corrected chi connectivity index (χ4v) is 2.05. The molecule has 0 saturated carbocycles. The Bertz CT molecular complexity index is 398. The van der Waals surface area contributed by atoms with Gasteiger partial charge in [-0.2, -0.15) is 0 Å². The molecule has 0 aliphatic carbocycles. The highest BCUT2D eigenvalue weighted by atomic mass is 19.1. The zero-order valence-electron chi connectivity index (χ0n) is 12.7. The van der Waals surface area contributed by atoms with E-state index in [0.717, 1.165) is 26.2 Å². The summed E-state index contributed by atoms with van der Waals surface area (Å²) < 4.78 is 18.8. The second-order valence-corrected chi connectivity index (χ2v) is 4.94. The van der Waals surface area contributed by atoms with Crippen molar-refractivity contribution < 1.29 is 14.2 Å². The lowest BCUT2D eigenvalue weighted by atomic mass is 10.0. The van der Waals surface area contributed by atoms with Crippen LogP contribution in [0.2, 0.25) is 0 Å². The van der Waals surface area contributed by atoms with Crippen LogP contribution in [-0.4, -0.2) is 42.9 Å². The number of nitrogens with zero attached hydrogens (tertiary/aromatic N) is 1. The lowest BCUT2D eigenvalue weighted by Crippen LogP contribution is -2.29. The van der Waals surface area contributed by atoms with E-state index < -0.39 is 6.10 Å². The molecule has 0 fully saturated rings. The summed E-state index contributed by atoms with van der Waals surface area (Å²) in [4.78, 5) is 2.23. The van der Waals surface area contributed by atoms with Gasteiger partial charge in [-0.3, -0.25) is 0 Å². The largest absolute Gasteiger partial charge is 0.388 e. The molecule has 0 saturated heterocycles. The highest BCUT2D eigenvalue weighted by Gasteiger charge is 2.11. The molecule has 0 aromatic heterocycles. The molecule has 114 valence electrons. The molecular weight excluding hydrogens is 257 g/mol. The SMILES string of the molecule is CCOCCN(CC)CCC(O)c1ccc(C)c(F)c1. The van der Waals surface area contributed by atoms with Crippen molar-refractivity contribution in [2.75, 3.05) is 32.8 Å². The molecule has 20 heavy (non-hydrogen) atoms. The van der Waals surface area contributed by atoms with E-state index in [-0.39, 0.29) is 5.82 Å². The normalized spacial score (nSPS) is 12.9. The van der Waals surface area contributed by atoms with Gasteiger partial charge in [0.05, 0.1) is 12.7 Å². The van der Waals surface area contributed by atoms with Gasteiger partial charge in [-0.1, -0.05) is 19.1 Å². The third kappa shape index (κ3) is 5.57. The summed E-state index contributed by atoms with van der Waals surface area (Å²) in [6.45, 7) is 9.78. The number of benzene rings is 1. The molecule has 0 aliphatic heterocycles. The average molecular weight is 283 g/mol. The summed E-state index contributed by atoms with van der Waals surface area (Å²) in [5, 5.41) is 10.1. The first-order valence-corrected chi connectivity index (χ1v) is 7.32. The van der Waals surface area contributed by atoms with Crippen molar-refractivity contribution in [2.45, 2.75) is 33.3 Å². The summed E-state index contributed by atoms with van der Waals surface area (Å²) in [5.41, 5.74) is 1.25. The van der Waals surface area contributed by atoms with Crippen LogP contribution in [-0.2, 0) is 4.74 Å². The van der Waals surface area contributed by atoms with Crippen molar-refractivity contribution in [3.8, 4) is 0 Å². The number of aliphatic hydroxyl groups excluding tert-OH is 1. The third-order valence-electron chi connectivity index (χ3n) is 3.50. The maximum Gasteiger partial charge on any atom is 0.126 e. The van der Waals surface area contributed by atoms with Gasteiger partial charge >= 0.3 is 0 Å². The number of halogens is 1. The molecule has 1 aromatic carbocycles. The van der Waals surface area contributed by atoms with E-state index in [4.69, 9.17) is 4.74 Å². The molecule has 1 N–H and O–H groups in total. The Balaban J connectivity index is 2.44. The third-order valence-corrected chi connectivity index (χ3v) is 3.50. The number of hydrogen-bond donors (Lipinski definition) is 1. The molecule has 1 aromatic rings. The Morgan fingerprint density at radius 1 is 1.30 bits per heavy atom. The molecule has 0 aliphatic rings. The van der Waals surface area contributed by atoms with Crippen LogP contribution >= 0.6 is 0 Å². The van der Waals surface area contributed by atoms with Crippen molar-refractivity contribution in [3.63, 3.8) is 0 Å². The number of rotatable bonds is 9. The Kier molecular flexibility index (Phi) is 7.73. The minimum Gasteiger partial charge on any atom is -0.388 e. The van der Waals surface area contributed by atoms with Crippen molar-refractivity contribution >= 4 is 0 Å². The topological polar surface area (TPSA) is 32.7 Å². The van der Waals surface area contributed by atoms with E-state index in [2.05, 4.69) is 11.8 Å². The summed E-state index contributed by atoms with van der Waals surface area (Å²) >= 11 is 0. The fourth-order valence-electron chi connectivity index (χ4n) is 2.05. The predicted molar refractivity (Wildman–Crippen MR) is 79.3 cm³/mol. The van der Waals surface area contributed by atoms with Gasteiger partial charge in [-0.15, -0.1) is 0 Å². The van der Waals surface area contributed by atoms with Gasteiger partial charge in [0.15, 0.2) is 0 Å². The first kappa shape index (κ1) is 17.1. The van der Waals surface area contributed by atoms with Gasteiger partial charge in [0, 0.05) is 19.7 Å². The van der Waals surface area contributed by atoms with Gasteiger partial charge in [0.1, 0.15) is 5.82 Å². The molecule has 1 rings (SSSR count). The van der Waals surface area contributed by atoms with Crippen LogP contribution in [0.25, 0.3) is 0 Å². The van der Waals surface area contributed by atoms with Crippen LogP contribution in [0.1, 0.15) is 37.5 Å². The quantitative estimate of drug-likeness (QED) is 0.707. The summed E-state index contributed by atoms with van der Waals surface area (Å²) in [7, 11) is 0. The monoisotopic (exact) mass is 283 g/mol. The van der Waals surface area contributed by atoms with Crippen LogP contribution in [0.15, 0.2) is 18.2 Å². The van der Waals surface area contributed by atoms with Gasteiger partial charge in [0.2, 0.25) is 0 Å². The van der Waals surface area contributed by atoms with E-state index in [9.17, 15) is 9.50 Å². The lowest BCUT2D eigenvalue weighted by Gasteiger charge is -2.22. The zero-order chi connectivity index (χ0) is 15.0. The summed E-state index contributed by atoms with van der Waals surface area (Å²) in [6, 6.07) is 4.93. The molecule has 0 heterocycles. The van der Waals surface area contributed by atoms with E-state index in [1.54, 1.807) is 19.1 Å². The standard InChI is InChI=1S/C16H26FNO2/c1-4-18(10-11-20-5-2)9-8-16(19)14-7-6-13(3)15(17)12-14/h6-7,12,16,19H,4-5,8-11H2,1-3H3. The number of aryl methyl sites for hydroxylation is 1. The number of hydrogen-bond acceptors (Lipinski definition) is 3. The first-order chi connectivity index (χ1) is 9.58. The molecule has 1 atom stereocenters. The summed E-state index contributed by atoms with van der Waals surface area (Å²) in [6.07, 6.45) is -0.0196. The number of likely N-dealkylation sites (N-methyl/N-ethyl adjacent to an activating group) is 1.